The Kier molecular flexibility index (Phi) is 3.98. The van der Waals surface area contributed by atoms with Gasteiger partial charge in [0.05, 0.1) is 6.61 Å². The van der Waals surface area contributed by atoms with Gasteiger partial charge in [-0.15, -0.1) is 11.3 Å². The number of ketones is 1. The van der Waals surface area contributed by atoms with Gasteiger partial charge in [-0.3, -0.25) is 14.4 Å². The van der Waals surface area contributed by atoms with E-state index in [0.717, 1.165) is 16.1 Å². The summed E-state index contributed by atoms with van der Waals surface area (Å²) in [6.07, 6.45) is -0.375. The molecule has 1 aromatic carbocycles. The molecule has 5 rings (SSSR count). The van der Waals surface area contributed by atoms with E-state index >= 15 is 0 Å². The van der Waals surface area contributed by atoms with Crippen molar-refractivity contribution in [2.75, 3.05) is 18.6 Å². The van der Waals surface area contributed by atoms with Gasteiger partial charge in [-0.05, 0) is 36.4 Å². The number of esters is 1. The zero-order valence-electron chi connectivity index (χ0n) is 16.2. The molecule has 6 nitrogen and oxygen atoms in total. The van der Waals surface area contributed by atoms with E-state index in [1.165, 1.54) is 11.3 Å². The van der Waals surface area contributed by atoms with Crippen LogP contribution in [0.5, 0.6) is 0 Å². The van der Waals surface area contributed by atoms with Crippen LogP contribution < -0.4 is 4.90 Å². The van der Waals surface area contributed by atoms with Gasteiger partial charge in [0, 0.05) is 24.0 Å². The molecule has 2 saturated heterocycles. The Bertz CT molecular complexity index is 1020. The zero-order chi connectivity index (χ0) is 20.4. The molecular formula is C22H21NO5S. The summed E-state index contributed by atoms with van der Waals surface area (Å²) < 4.78 is 11.8. The average molecular weight is 411 g/mol. The van der Waals surface area contributed by atoms with Crippen LogP contribution >= 0.6 is 11.3 Å². The lowest BCUT2D eigenvalue weighted by Crippen LogP contribution is -2.56. The minimum atomic E-state index is -1.33. The summed E-state index contributed by atoms with van der Waals surface area (Å²) in [4.78, 5) is 42.6. The number of hydrogen-bond donors (Lipinski definition) is 0. The lowest BCUT2D eigenvalue weighted by molar-refractivity contribution is -0.158. The molecule has 3 aliphatic rings. The van der Waals surface area contributed by atoms with Crippen LogP contribution in [-0.2, 0) is 34.9 Å². The molecule has 29 heavy (non-hydrogen) atoms. The summed E-state index contributed by atoms with van der Waals surface area (Å²) in [5.74, 6) is -1.93. The van der Waals surface area contributed by atoms with Gasteiger partial charge in [-0.2, -0.15) is 0 Å². The predicted octanol–water partition coefficient (Wildman–Crippen LogP) is 2.80. The van der Waals surface area contributed by atoms with E-state index in [1.54, 1.807) is 18.9 Å². The number of Topliss-reactive ketones (excluding diaryl/α,β-unsaturated/α-hetero) is 1. The van der Waals surface area contributed by atoms with Gasteiger partial charge >= 0.3 is 5.97 Å². The number of para-hydroxylation sites is 1. The molecule has 0 unspecified atom stereocenters. The molecule has 2 aromatic rings. The second-order valence-corrected chi connectivity index (χ2v) is 8.68. The Labute approximate surface area is 172 Å². The molecule has 0 N–H and O–H groups in total. The summed E-state index contributed by atoms with van der Waals surface area (Å²) in [6, 6.07) is 11.3. The van der Waals surface area contributed by atoms with Crippen LogP contribution in [0.3, 0.4) is 0 Å². The topological polar surface area (TPSA) is 72.9 Å². The predicted molar refractivity (Wildman–Crippen MR) is 107 cm³/mol. The van der Waals surface area contributed by atoms with E-state index in [-0.39, 0.29) is 24.7 Å². The highest BCUT2D eigenvalue weighted by Gasteiger charge is 2.78. The number of carbonyl (C=O) groups is 3. The van der Waals surface area contributed by atoms with E-state index in [9.17, 15) is 14.4 Å². The number of thiophene rings is 1. The molecule has 4 atom stereocenters. The molecular weight excluding hydrogens is 390 g/mol. The van der Waals surface area contributed by atoms with Gasteiger partial charge < -0.3 is 14.4 Å². The SMILES string of the molecule is CCOC(=O)[C@@H]1[C@H]2O[C@](c3cccs3)(CCC2=O)[C@@]12C(=O)N(C)c1ccccc12. The van der Waals surface area contributed by atoms with Gasteiger partial charge in [-0.1, -0.05) is 24.3 Å². The number of nitrogens with zero attached hydrogens (tertiary/aromatic N) is 1. The number of likely N-dealkylation sites (N-methyl/N-ethyl adjacent to an activating group) is 1. The highest BCUT2D eigenvalue weighted by Crippen LogP contribution is 2.67. The maximum Gasteiger partial charge on any atom is 0.313 e. The number of benzene rings is 1. The Balaban J connectivity index is 1.87. The van der Waals surface area contributed by atoms with Crippen LogP contribution in [0.15, 0.2) is 41.8 Å². The molecule has 1 spiro atoms. The standard InChI is InChI=1S/C22H21NO5S/c1-3-27-19(25)17-18-15(24)10-11-21(28-18,16-9-6-12-29-16)22(17)13-7-4-5-8-14(13)23(2)20(22)26/h4-9,12,17-18H,3,10-11H2,1-2H3/t17-,18-,21-,22+/m0/s1. The lowest BCUT2D eigenvalue weighted by atomic mass is 9.60. The minimum absolute atomic E-state index is 0.146. The van der Waals surface area contributed by atoms with Crippen molar-refractivity contribution in [1.29, 1.82) is 0 Å². The van der Waals surface area contributed by atoms with Crippen molar-refractivity contribution in [3.05, 3.63) is 52.2 Å². The Morgan fingerprint density at radius 1 is 1.28 bits per heavy atom. The summed E-state index contributed by atoms with van der Waals surface area (Å²) in [7, 11) is 1.71. The first-order valence-electron chi connectivity index (χ1n) is 9.78. The summed E-state index contributed by atoms with van der Waals surface area (Å²) in [5, 5.41) is 1.93. The molecule has 2 fully saturated rings. The van der Waals surface area contributed by atoms with Gasteiger partial charge in [-0.25, -0.2) is 0 Å². The molecule has 2 bridgehead atoms. The van der Waals surface area contributed by atoms with Crippen molar-refractivity contribution >= 4 is 34.7 Å². The third-order valence-electron chi connectivity index (χ3n) is 6.57. The lowest BCUT2D eigenvalue weighted by Gasteiger charge is -2.42. The monoisotopic (exact) mass is 411 g/mol. The molecule has 0 saturated carbocycles. The van der Waals surface area contributed by atoms with Crippen LogP contribution in [0, 0.1) is 5.92 Å². The largest absolute Gasteiger partial charge is 0.466 e. The fourth-order valence-electron chi connectivity index (χ4n) is 5.50. The molecule has 1 amide bonds. The normalized spacial score (nSPS) is 32.7. The molecule has 3 aliphatic heterocycles. The van der Waals surface area contributed by atoms with E-state index in [2.05, 4.69) is 0 Å². The number of hydrogen-bond acceptors (Lipinski definition) is 6. The summed E-state index contributed by atoms with van der Waals surface area (Å²) in [5.41, 5.74) is -0.927. The number of rotatable bonds is 3. The quantitative estimate of drug-likeness (QED) is 0.727. The zero-order valence-corrected chi connectivity index (χ0v) is 17.0. The molecule has 4 heterocycles. The summed E-state index contributed by atoms with van der Waals surface area (Å²) >= 11 is 1.49. The first-order chi connectivity index (χ1) is 14.0. The van der Waals surface area contributed by atoms with Gasteiger partial charge in [0.1, 0.15) is 23.0 Å². The Hall–Kier alpha value is -2.51. The third-order valence-corrected chi connectivity index (χ3v) is 7.58. The van der Waals surface area contributed by atoms with Crippen LogP contribution in [-0.4, -0.2) is 37.4 Å². The van der Waals surface area contributed by atoms with E-state index in [0.29, 0.717) is 6.42 Å². The van der Waals surface area contributed by atoms with Crippen LogP contribution in [0.2, 0.25) is 0 Å². The number of fused-ring (bicyclic) bond motifs is 5. The highest BCUT2D eigenvalue weighted by molar-refractivity contribution is 7.10. The van der Waals surface area contributed by atoms with Crippen molar-refractivity contribution in [2.45, 2.75) is 36.9 Å². The molecule has 0 aliphatic carbocycles. The first-order valence-corrected chi connectivity index (χ1v) is 10.7. The van der Waals surface area contributed by atoms with Crippen molar-refractivity contribution in [1.82, 2.24) is 0 Å². The maximum atomic E-state index is 14.0. The third kappa shape index (κ3) is 2.07. The summed E-state index contributed by atoms with van der Waals surface area (Å²) in [6.45, 7) is 1.89. The number of carbonyl (C=O) groups excluding carboxylic acids is 3. The fraction of sp³-hybridized carbons (Fsp3) is 0.409. The van der Waals surface area contributed by atoms with Crippen molar-refractivity contribution in [3.8, 4) is 0 Å². The maximum absolute atomic E-state index is 14.0. The number of amides is 1. The molecule has 0 radical (unpaired) electrons. The smallest absolute Gasteiger partial charge is 0.313 e. The molecule has 1 aromatic heterocycles. The van der Waals surface area contributed by atoms with Gasteiger partial charge in [0.2, 0.25) is 5.91 Å². The number of anilines is 1. The van der Waals surface area contributed by atoms with Gasteiger partial charge in [0.25, 0.3) is 0 Å². The van der Waals surface area contributed by atoms with Crippen molar-refractivity contribution in [3.63, 3.8) is 0 Å². The second kappa shape index (κ2) is 6.24. The second-order valence-electron chi connectivity index (χ2n) is 7.73. The molecule has 150 valence electrons. The Morgan fingerprint density at radius 2 is 2.07 bits per heavy atom. The van der Waals surface area contributed by atoms with E-state index < -0.39 is 29.0 Å². The van der Waals surface area contributed by atoms with Crippen LogP contribution in [0.1, 0.15) is 30.2 Å². The van der Waals surface area contributed by atoms with Crippen LogP contribution in [0.25, 0.3) is 0 Å². The Morgan fingerprint density at radius 3 is 2.79 bits per heavy atom. The first kappa shape index (κ1) is 18.5. The minimum Gasteiger partial charge on any atom is -0.466 e. The average Bonchev–Trinajstić information content (AvgIpc) is 3.39. The van der Waals surface area contributed by atoms with E-state index in [1.807, 2.05) is 41.8 Å². The van der Waals surface area contributed by atoms with Crippen molar-refractivity contribution in [2.24, 2.45) is 5.92 Å². The van der Waals surface area contributed by atoms with E-state index in [4.69, 9.17) is 9.47 Å². The van der Waals surface area contributed by atoms with Crippen LogP contribution in [0.4, 0.5) is 5.69 Å². The van der Waals surface area contributed by atoms with Crippen molar-refractivity contribution < 1.29 is 23.9 Å². The highest BCUT2D eigenvalue weighted by atomic mass is 32.1. The van der Waals surface area contributed by atoms with Gasteiger partial charge in [0.15, 0.2) is 5.78 Å². The molecule has 7 heteroatoms. The fourth-order valence-corrected chi connectivity index (χ4v) is 6.46. The number of ether oxygens (including phenoxy) is 2.